The average molecular weight is 362 g/mol. The fourth-order valence-electron chi connectivity index (χ4n) is 2.59. The van der Waals surface area contributed by atoms with Gasteiger partial charge in [-0.3, -0.25) is 0 Å². The van der Waals surface area contributed by atoms with Crippen LogP contribution < -0.4 is 5.32 Å². The van der Waals surface area contributed by atoms with Gasteiger partial charge in [0, 0.05) is 22.8 Å². The number of cyclic esters (lactones) is 1. The van der Waals surface area contributed by atoms with Gasteiger partial charge in [-0.25, -0.2) is 14.8 Å². The Morgan fingerprint density at radius 2 is 2.23 bits per heavy atom. The first-order valence-corrected chi connectivity index (χ1v) is 7.81. The third-order valence-corrected chi connectivity index (χ3v) is 4.23. The number of nitrogens with zero attached hydrogens (tertiary/aromatic N) is 2. The molecular formula is C16H16BrN3O2. The second-order valence-electron chi connectivity index (χ2n) is 5.58. The molecule has 1 saturated heterocycles. The molecule has 0 amide bonds. The first kappa shape index (κ1) is 15.0. The molecule has 1 aromatic heterocycles. The molecule has 1 aliphatic heterocycles. The lowest BCUT2D eigenvalue weighted by Gasteiger charge is -2.23. The summed E-state index contributed by atoms with van der Waals surface area (Å²) in [5.41, 5.74) is 1.16. The Kier molecular flexibility index (Phi) is 3.87. The van der Waals surface area contributed by atoms with Crippen LogP contribution in [-0.4, -0.2) is 22.0 Å². The van der Waals surface area contributed by atoms with E-state index in [2.05, 4.69) is 31.2 Å². The Morgan fingerprint density at radius 1 is 1.41 bits per heavy atom. The molecule has 0 spiro atoms. The van der Waals surface area contributed by atoms with Crippen LogP contribution in [0.5, 0.6) is 0 Å². The number of aryl methyl sites for hydroxylation is 1. The van der Waals surface area contributed by atoms with Gasteiger partial charge in [-0.05, 0) is 37.6 Å². The summed E-state index contributed by atoms with van der Waals surface area (Å²) in [5, 5.41) is 3.06. The summed E-state index contributed by atoms with van der Waals surface area (Å²) < 4.78 is 6.59. The second kappa shape index (κ2) is 5.68. The standard InChI is InChI=1S/C16H16BrN3O2/c1-10-6-7-18-15(19-10)20-13-9-16(2,22-14(13)21)11-4-3-5-12(17)8-11/h3-8,13H,9H2,1-2H3,(H,18,19,20). The van der Waals surface area contributed by atoms with E-state index < -0.39 is 11.6 Å². The smallest absolute Gasteiger partial charge is 0.329 e. The quantitative estimate of drug-likeness (QED) is 0.850. The van der Waals surface area contributed by atoms with Crippen LogP contribution in [0.1, 0.15) is 24.6 Å². The molecule has 2 atom stereocenters. The minimum atomic E-state index is -0.650. The highest BCUT2D eigenvalue weighted by Gasteiger charge is 2.45. The van der Waals surface area contributed by atoms with Gasteiger partial charge in [0.1, 0.15) is 11.6 Å². The van der Waals surface area contributed by atoms with Crippen molar-refractivity contribution in [3.63, 3.8) is 0 Å². The summed E-state index contributed by atoms with van der Waals surface area (Å²) >= 11 is 3.45. The molecule has 0 radical (unpaired) electrons. The zero-order valence-electron chi connectivity index (χ0n) is 12.3. The largest absolute Gasteiger partial charge is 0.453 e. The number of esters is 1. The summed E-state index contributed by atoms with van der Waals surface area (Å²) in [6.45, 7) is 3.80. The first-order chi connectivity index (χ1) is 10.5. The molecule has 2 unspecified atom stereocenters. The summed E-state index contributed by atoms with van der Waals surface area (Å²) in [6.07, 6.45) is 2.19. The van der Waals surface area contributed by atoms with Crippen LogP contribution in [0.3, 0.4) is 0 Å². The maximum Gasteiger partial charge on any atom is 0.329 e. The lowest BCUT2D eigenvalue weighted by Crippen LogP contribution is -2.26. The number of halogens is 1. The number of rotatable bonds is 3. The van der Waals surface area contributed by atoms with E-state index in [0.717, 1.165) is 15.7 Å². The molecule has 114 valence electrons. The number of aromatic nitrogens is 2. The van der Waals surface area contributed by atoms with Gasteiger partial charge in [0.2, 0.25) is 5.95 Å². The van der Waals surface area contributed by atoms with Crippen molar-refractivity contribution in [1.29, 1.82) is 0 Å². The van der Waals surface area contributed by atoms with E-state index in [1.807, 2.05) is 44.2 Å². The van der Waals surface area contributed by atoms with Crippen molar-refractivity contribution in [2.24, 2.45) is 0 Å². The van der Waals surface area contributed by atoms with E-state index in [1.54, 1.807) is 6.20 Å². The molecule has 6 heteroatoms. The van der Waals surface area contributed by atoms with Crippen LogP contribution in [0.25, 0.3) is 0 Å². The van der Waals surface area contributed by atoms with Crippen LogP contribution in [0.15, 0.2) is 41.0 Å². The highest BCUT2D eigenvalue weighted by Crippen LogP contribution is 2.38. The summed E-state index contributed by atoms with van der Waals surface area (Å²) in [4.78, 5) is 20.6. The number of anilines is 1. The average Bonchev–Trinajstić information content (AvgIpc) is 2.75. The molecule has 3 rings (SSSR count). The van der Waals surface area contributed by atoms with Gasteiger partial charge in [0.25, 0.3) is 0 Å². The first-order valence-electron chi connectivity index (χ1n) is 7.01. The number of nitrogens with one attached hydrogen (secondary N) is 1. The van der Waals surface area contributed by atoms with Crippen molar-refractivity contribution >= 4 is 27.8 Å². The Bertz CT molecular complexity index is 722. The predicted octanol–water partition coefficient (Wildman–Crippen LogP) is 3.19. The molecule has 0 bridgehead atoms. The number of ether oxygens (including phenoxy) is 1. The third kappa shape index (κ3) is 2.97. The second-order valence-corrected chi connectivity index (χ2v) is 6.50. The van der Waals surface area contributed by atoms with E-state index in [0.29, 0.717) is 12.4 Å². The highest BCUT2D eigenvalue weighted by molar-refractivity contribution is 9.10. The molecule has 0 saturated carbocycles. The van der Waals surface area contributed by atoms with Gasteiger partial charge < -0.3 is 10.1 Å². The van der Waals surface area contributed by atoms with Crippen LogP contribution >= 0.6 is 15.9 Å². The molecule has 1 aromatic carbocycles. The lowest BCUT2D eigenvalue weighted by atomic mass is 9.91. The van der Waals surface area contributed by atoms with Crippen molar-refractivity contribution in [2.75, 3.05) is 5.32 Å². The van der Waals surface area contributed by atoms with Gasteiger partial charge in [-0.1, -0.05) is 28.1 Å². The number of hydrogen-bond donors (Lipinski definition) is 1. The van der Waals surface area contributed by atoms with E-state index in [1.165, 1.54) is 0 Å². The molecular weight excluding hydrogens is 346 g/mol. The summed E-state index contributed by atoms with van der Waals surface area (Å²) in [7, 11) is 0. The van der Waals surface area contributed by atoms with Gasteiger partial charge in [0.15, 0.2) is 0 Å². The third-order valence-electron chi connectivity index (χ3n) is 3.74. The Balaban J connectivity index is 1.81. The Labute approximate surface area is 137 Å². The lowest BCUT2D eigenvalue weighted by molar-refractivity contribution is -0.148. The maximum absolute atomic E-state index is 12.2. The SMILES string of the molecule is Cc1ccnc(NC2CC(C)(c3cccc(Br)c3)OC2=O)n1. The number of benzene rings is 1. The molecule has 2 heterocycles. The zero-order chi connectivity index (χ0) is 15.7. The fraction of sp³-hybridized carbons (Fsp3) is 0.312. The summed E-state index contributed by atoms with van der Waals surface area (Å²) in [5.74, 6) is 0.160. The minimum Gasteiger partial charge on any atom is -0.453 e. The van der Waals surface area contributed by atoms with Crippen molar-refractivity contribution in [3.8, 4) is 0 Å². The van der Waals surface area contributed by atoms with Crippen LogP contribution in [-0.2, 0) is 15.1 Å². The van der Waals surface area contributed by atoms with Gasteiger partial charge in [-0.15, -0.1) is 0 Å². The van der Waals surface area contributed by atoms with E-state index >= 15 is 0 Å². The molecule has 1 aliphatic rings. The highest BCUT2D eigenvalue weighted by atomic mass is 79.9. The van der Waals surface area contributed by atoms with E-state index in [4.69, 9.17) is 4.74 Å². The molecule has 1 N–H and O–H groups in total. The maximum atomic E-state index is 12.2. The topological polar surface area (TPSA) is 64.1 Å². The van der Waals surface area contributed by atoms with Crippen molar-refractivity contribution in [2.45, 2.75) is 31.9 Å². The fourth-order valence-corrected chi connectivity index (χ4v) is 2.99. The molecule has 22 heavy (non-hydrogen) atoms. The number of carbonyl (C=O) groups is 1. The summed E-state index contributed by atoms with van der Waals surface area (Å²) in [6, 6.07) is 9.17. The minimum absolute atomic E-state index is 0.285. The van der Waals surface area contributed by atoms with Gasteiger partial charge in [0.05, 0.1) is 0 Å². The zero-order valence-corrected chi connectivity index (χ0v) is 13.9. The predicted molar refractivity (Wildman–Crippen MR) is 86.4 cm³/mol. The Morgan fingerprint density at radius 3 is 2.95 bits per heavy atom. The molecule has 2 aromatic rings. The molecule has 0 aliphatic carbocycles. The van der Waals surface area contributed by atoms with Crippen LogP contribution in [0.2, 0.25) is 0 Å². The van der Waals surface area contributed by atoms with Crippen molar-refractivity contribution in [1.82, 2.24) is 9.97 Å². The normalized spacial score (nSPS) is 24.1. The number of carbonyl (C=O) groups excluding carboxylic acids is 1. The monoisotopic (exact) mass is 361 g/mol. The van der Waals surface area contributed by atoms with Crippen LogP contribution in [0, 0.1) is 6.92 Å². The number of hydrogen-bond acceptors (Lipinski definition) is 5. The molecule has 1 fully saturated rings. The van der Waals surface area contributed by atoms with E-state index in [-0.39, 0.29) is 5.97 Å². The van der Waals surface area contributed by atoms with E-state index in [9.17, 15) is 4.79 Å². The van der Waals surface area contributed by atoms with Gasteiger partial charge in [-0.2, -0.15) is 0 Å². The van der Waals surface area contributed by atoms with Gasteiger partial charge >= 0.3 is 5.97 Å². The Hall–Kier alpha value is -1.95. The van der Waals surface area contributed by atoms with Crippen molar-refractivity contribution in [3.05, 3.63) is 52.3 Å². The molecule has 5 nitrogen and oxygen atoms in total. The van der Waals surface area contributed by atoms with Crippen molar-refractivity contribution < 1.29 is 9.53 Å². The van der Waals surface area contributed by atoms with Crippen LogP contribution in [0.4, 0.5) is 5.95 Å².